The van der Waals surface area contributed by atoms with E-state index in [1.165, 1.54) is 0 Å². The smallest absolute Gasteiger partial charge is 0.269 e. The van der Waals surface area contributed by atoms with Gasteiger partial charge in [-0.15, -0.1) is 11.7 Å². The van der Waals surface area contributed by atoms with E-state index in [2.05, 4.69) is 11.7 Å². The van der Waals surface area contributed by atoms with Gasteiger partial charge in [-0.2, -0.15) is 16.8 Å². The van der Waals surface area contributed by atoms with Crippen LogP contribution in [0.3, 0.4) is 0 Å². The molecular formula is C3H8O6S4. The standard InChI is InChI=1S/C3H8O6S4/c4-12(5,6)2-3(1-11-10)13(7,8)9/h3,10H,1-2H2,(H,4,5,6)(H,7,8,9). The predicted octanol–water partition coefficient (Wildman–Crippen LogP) is -0.291. The van der Waals surface area contributed by atoms with Crippen LogP contribution >= 0.6 is 22.5 Å². The van der Waals surface area contributed by atoms with E-state index in [4.69, 9.17) is 9.11 Å². The molecule has 0 saturated carbocycles. The van der Waals surface area contributed by atoms with Crippen LogP contribution in [-0.4, -0.2) is 42.7 Å². The van der Waals surface area contributed by atoms with E-state index >= 15 is 0 Å². The minimum Gasteiger partial charge on any atom is -0.286 e. The van der Waals surface area contributed by atoms with Gasteiger partial charge in [0.15, 0.2) is 0 Å². The first-order chi connectivity index (χ1) is 5.67. The minimum atomic E-state index is -4.47. The van der Waals surface area contributed by atoms with Gasteiger partial charge in [0.25, 0.3) is 20.2 Å². The van der Waals surface area contributed by atoms with Gasteiger partial charge in [0, 0.05) is 5.75 Å². The maximum absolute atomic E-state index is 10.5. The van der Waals surface area contributed by atoms with Gasteiger partial charge in [-0.05, 0) is 0 Å². The summed E-state index contributed by atoms with van der Waals surface area (Å²) in [5.41, 5.74) is 0. The highest BCUT2D eigenvalue weighted by atomic mass is 33.1. The Morgan fingerprint density at radius 2 is 1.69 bits per heavy atom. The Labute approximate surface area is 85.4 Å². The van der Waals surface area contributed by atoms with Crippen LogP contribution in [-0.2, 0) is 20.2 Å². The van der Waals surface area contributed by atoms with E-state index in [-0.39, 0.29) is 5.75 Å². The van der Waals surface area contributed by atoms with Crippen LogP contribution in [0.4, 0.5) is 0 Å². The van der Waals surface area contributed by atoms with Crippen LogP contribution < -0.4 is 0 Å². The molecule has 0 fully saturated rings. The zero-order valence-corrected chi connectivity index (χ0v) is 9.53. The highest BCUT2D eigenvalue weighted by Gasteiger charge is 2.27. The summed E-state index contributed by atoms with van der Waals surface area (Å²) < 4.78 is 58.5. The molecule has 0 aromatic heterocycles. The van der Waals surface area contributed by atoms with E-state index in [9.17, 15) is 16.8 Å². The van der Waals surface area contributed by atoms with Crippen LogP contribution in [0.2, 0.25) is 0 Å². The SMILES string of the molecule is O=S(=O)(O)CC(CSS)S(=O)(=O)O. The molecule has 0 amide bonds. The van der Waals surface area contributed by atoms with Crippen LogP contribution in [0, 0.1) is 0 Å². The molecule has 13 heavy (non-hydrogen) atoms. The van der Waals surface area contributed by atoms with Crippen molar-refractivity contribution in [2.45, 2.75) is 5.25 Å². The van der Waals surface area contributed by atoms with Crippen molar-refractivity contribution in [2.75, 3.05) is 11.5 Å². The Hall–Kier alpha value is 0.520. The lowest BCUT2D eigenvalue weighted by Crippen LogP contribution is -2.30. The lowest BCUT2D eigenvalue weighted by Gasteiger charge is -2.09. The first-order valence-corrected chi connectivity index (χ1v) is 7.99. The first kappa shape index (κ1) is 13.5. The van der Waals surface area contributed by atoms with Gasteiger partial charge < -0.3 is 0 Å². The zero-order chi connectivity index (χ0) is 10.7. The van der Waals surface area contributed by atoms with Crippen molar-refractivity contribution in [3.8, 4) is 0 Å². The third-order valence-electron chi connectivity index (χ3n) is 1.08. The Morgan fingerprint density at radius 3 is 1.92 bits per heavy atom. The molecule has 0 rings (SSSR count). The molecule has 0 aliphatic carbocycles. The zero-order valence-electron chi connectivity index (χ0n) is 6.19. The van der Waals surface area contributed by atoms with Gasteiger partial charge in [0.2, 0.25) is 0 Å². The number of rotatable bonds is 5. The van der Waals surface area contributed by atoms with Crippen molar-refractivity contribution in [3.63, 3.8) is 0 Å². The Morgan fingerprint density at radius 1 is 1.23 bits per heavy atom. The number of thiol groups is 1. The molecular weight excluding hydrogens is 260 g/mol. The monoisotopic (exact) mass is 268 g/mol. The maximum atomic E-state index is 10.5. The van der Waals surface area contributed by atoms with Crippen LogP contribution in [0.1, 0.15) is 0 Å². The number of hydrogen-bond donors (Lipinski definition) is 3. The van der Waals surface area contributed by atoms with E-state index in [1.54, 1.807) is 0 Å². The van der Waals surface area contributed by atoms with Crippen LogP contribution in [0.25, 0.3) is 0 Å². The molecule has 6 nitrogen and oxygen atoms in total. The summed E-state index contributed by atoms with van der Waals surface area (Å²) in [6.07, 6.45) is 0. The molecule has 0 heterocycles. The third-order valence-corrected chi connectivity index (χ3v) is 4.50. The van der Waals surface area contributed by atoms with Crippen molar-refractivity contribution in [3.05, 3.63) is 0 Å². The van der Waals surface area contributed by atoms with Gasteiger partial charge >= 0.3 is 0 Å². The maximum Gasteiger partial charge on any atom is 0.269 e. The normalized spacial score (nSPS) is 15.6. The Bertz CT molecular complexity index is 340. The molecule has 2 N–H and O–H groups in total. The molecule has 0 aliphatic rings. The second-order valence-corrected chi connectivity index (χ2v) is 6.74. The molecule has 0 spiro atoms. The van der Waals surface area contributed by atoms with E-state index in [1.807, 2.05) is 0 Å². The Balaban J connectivity index is 4.66. The average molecular weight is 268 g/mol. The van der Waals surface area contributed by atoms with Gasteiger partial charge in [-0.3, -0.25) is 9.11 Å². The van der Waals surface area contributed by atoms with E-state index in [0.717, 1.165) is 10.8 Å². The topological polar surface area (TPSA) is 109 Å². The van der Waals surface area contributed by atoms with Gasteiger partial charge in [-0.25, -0.2) is 0 Å². The fourth-order valence-corrected chi connectivity index (χ4v) is 4.50. The second-order valence-electron chi connectivity index (χ2n) is 2.18. The van der Waals surface area contributed by atoms with Crippen molar-refractivity contribution in [2.24, 2.45) is 0 Å². The second kappa shape index (κ2) is 4.84. The van der Waals surface area contributed by atoms with Gasteiger partial charge in [0.05, 0.1) is 5.75 Å². The van der Waals surface area contributed by atoms with Crippen molar-refractivity contribution >= 4 is 42.7 Å². The summed E-state index contributed by atoms with van der Waals surface area (Å²) in [5.74, 6) is -1.25. The molecule has 0 aliphatic heterocycles. The van der Waals surface area contributed by atoms with Crippen LogP contribution in [0.5, 0.6) is 0 Å². The van der Waals surface area contributed by atoms with Crippen molar-refractivity contribution < 1.29 is 25.9 Å². The predicted molar refractivity (Wildman–Crippen MR) is 53.2 cm³/mol. The lowest BCUT2D eigenvalue weighted by molar-refractivity contribution is 0.461. The quantitative estimate of drug-likeness (QED) is 0.357. The molecule has 0 radical (unpaired) electrons. The average Bonchev–Trinajstić information content (AvgIpc) is 1.81. The van der Waals surface area contributed by atoms with Crippen LogP contribution in [0.15, 0.2) is 0 Å². The van der Waals surface area contributed by atoms with Gasteiger partial charge in [0.1, 0.15) is 5.25 Å². The summed E-state index contributed by atoms with van der Waals surface area (Å²) in [5, 5.41) is -1.55. The summed E-state index contributed by atoms with van der Waals surface area (Å²) in [7, 11) is -8.13. The summed E-state index contributed by atoms with van der Waals surface area (Å²) in [6, 6.07) is 0. The highest BCUT2D eigenvalue weighted by molar-refractivity contribution is 8.68. The summed E-state index contributed by atoms with van der Waals surface area (Å²) in [6.45, 7) is 0. The molecule has 0 saturated heterocycles. The molecule has 80 valence electrons. The minimum absolute atomic E-state index is 0.221. The fraction of sp³-hybridized carbons (Fsp3) is 1.00. The van der Waals surface area contributed by atoms with Crippen molar-refractivity contribution in [1.82, 2.24) is 0 Å². The molecule has 0 bridgehead atoms. The van der Waals surface area contributed by atoms with E-state index in [0.29, 0.717) is 0 Å². The van der Waals surface area contributed by atoms with Crippen molar-refractivity contribution in [1.29, 1.82) is 0 Å². The fourth-order valence-electron chi connectivity index (χ4n) is 0.538. The third kappa shape index (κ3) is 6.57. The van der Waals surface area contributed by atoms with E-state index < -0.39 is 31.2 Å². The largest absolute Gasteiger partial charge is 0.286 e. The highest BCUT2D eigenvalue weighted by Crippen LogP contribution is 2.13. The molecule has 10 heteroatoms. The van der Waals surface area contributed by atoms with Gasteiger partial charge in [-0.1, -0.05) is 10.8 Å². The molecule has 1 atom stereocenters. The summed E-state index contributed by atoms with van der Waals surface area (Å²) in [4.78, 5) is 0. The molecule has 0 aromatic rings. The summed E-state index contributed by atoms with van der Waals surface area (Å²) >= 11 is 3.61. The number of hydrogen-bond acceptors (Lipinski definition) is 6. The molecule has 1 unspecified atom stereocenters. The molecule has 0 aromatic carbocycles. The Kier molecular flexibility index (Phi) is 5.04. The first-order valence-electron chi connectivity index (χ1n) is 2.84. The lowest BCUT2D eigenvalue weighted by atomic mass is 10.6.